The number of aromatic nitrogens is 1. The summed E-state index contributed by atoms with van der Waals surface area (Å²) in [5, 5.41) is 0. The van der Waals surface area contributed by atoms with Crippen molar-refractivity contribution in [3.05, 3.63) is 42.1 Å². The smallest absolute Gasteiger partial charge is 0.295 e. The molecule has 1 heterocycles. The average molecular weight is 237 g/mol. The number of nitrogens with one attached hydrogen (secondary N) is 1. The summed E-state index contributed by atoms with van der Waals surface area (Å²) in [7, 11) is -4.20. The Morgan fingerprint density at radius 2 is 2.00 bits per heavy atom. The number of H-pyrrole nitrogens is 1. The van der Waals surface area contributed by atoms with E-state index in [-0.39, 0.29) is 4.90 Å². The lowest BCUT2D eigenvalue weighted by atomic mass is 10.1. The summed E-state index contributed by atoms with van der Waals surface area (Å²) in [5.74, 6) is 0. The highest BCUT2D eigenvalue weighted by Gasteiger charge is 2.16. The summed E-state index contributed by atoms with van der Waals surface area (Å²) in [5.41, 5.74) is 2.07. The van der Waals surface area contributed by atoms with E-state index < -0.39 is 10.1 Å². The molecule has 0 saturated carbocycles. The number of hydrogen-bond acceptors (Lipinski definition) is 2. The standard InChI is InChI=1S/C11H11NO3S/c1-8-4-5-11(16(13,14)15)9(7-8)10-3-2-6-12-10/h2-7,12H,1H3,(H,13,14,15). The second kappa shape index (κ2) is 3.77. The fraction of sp³-hybridized carbons (Fsp3) is 0.0909. The molecule has 4 nitrogen and oxygen atoms in total. The maximum absolute atomic E-state index is 11.2. The van der Waals surface area contributed by atoms with Crippen molar-refractivity contribution in [2.24, 2.45) is 0 Å². The van der Waals surface area contributed by atoms with Crippen molar-refractivity contribution < 1.29 is 13.0 Å². The van der Waals surface area contributed by atoms with E-state index in [1.165, 1.54) is 6.07 Å². The third kappa shape index (κ3) is 2.00. The first kappa shape index (κ1) is 10.9. The van der Waals surface area contributed by atoms with Crippen molar-refractivity contribution >= 4 is 10.1 Å². The Morgan fingerprint density at radius 1 is 1.25 bits per heavy atom. The molecule has 0 fully saturated rings. The molecule has 0 unspecified atom stereocenters. The Morgan fingerprint density at radius 3 is 2.56 bits per heavy atom. The average Bonchev–Trinajstić information content (AvgIpc) is 2.68. The SMILES string of the molecule is Cc1ccc(S(=O)(=O)O)c(-c2ccc[nH]2)c1. The molecule has 0 amide bonds. The van der Waals surface area contributed by atoms with Crippen LogP contribution in [0.15, 0.2) is 41.4 Å². The third-order valence-electron chi connectivity index (χ3n) is 2.30. The highest BCUT2D eigenvalue weighted by molar-refractivity contribution is 7.86. The van der Waals surface area contributed by atoms with Gasteiger partial charge in [-0.05, 0) is 31.2 Å². The van der Waals surface area contributed by atoms with Crippen LogP contribution in [0.1, 0.15) is 5.56 Å². The van der Waals surface area contributed by atoms with E-state index in [9.17, 15) is 8.42 Å². The Bertz CT molecular complexity index is 600. The first-order valence-electron chi connectivity index (χ1n) is 4.70. The van der Waals surface area contributed by atoms with Gasteiger partial charge in [-0.1, -0.05) is 11.6 Å². The lowest BCUT2D eigenvalue weighted by Gasteiger charge is -2.06. The van der Waals surface area contributed by atoms with Crippen LogP contribution in [0.4, 0.5) is 0 Å². The fourth-order valence-corrected chi connectivity index (χ4v) is 2.26. The van der Waals surface area contributed by atoms with Crippen LogP contribution in [0.2, 0.25) is 0 Å². The fourth-order valence-electron chi connectivity index (χ4n) is 1.58. The van der Waals surface area contributed by atoms with E-state index in [1.54, 1.807) is 30.5 Å². The van der Waals surface area contributed by atoms with E-state index >= 15 is 0 Å². The van der Waals surface area contributed by atoms with Gasteiger partial charge in [-0.2, -0.15) is 8.42 Å². The number of aryl methyl sites for hydroxylation is 1. The molecule has 0 saturated heterocycles. The van der Waals surface area contributed by atoms with Gasteiger partial charge in [-0.15, -0.1) is 0 Å². The van der Waals surface area contributed by atoms with Gasteiger partial charge in [-0.25, -0.2) is 0 Å². The second-order valence-corrected chi connectivity index (χ2v) is 4.95. The molecule has 0 aliphatic heterocycles. The molecule has 1 aromatic carbocycles. The molecule has 0 radical (unpaired) electrons. The van der Waals surface area contributed by atoms with E-state index in [0.717, 1.165) is 5.56 Å². The van der Waals surface area contributed by atoms with Gasteiger partial charge in [0.25, 0.3) is 10.1 Å². The minimum Gasteiger partial charge on any atom is -0.361 e. The summed E-state index contributed by atoms with van der Waals surface area (Å²) in [4.78, 5) is 2.83. The molecule has 2 N–H and O–H groups in total. The lowest BCUT2D eigenvalue weighted by Crippen LogP contribution is -2.01. The van der Waals surface area contributed by atoms with Crippen molar-refractivity contribution in [1.82, 2.24) is 4.98 Å². The predicted molar refractivity (Wildman–Crippen MR) is 60.8 cm³/mol. The largest absolute Gasteiger partial charge is 0.361 e. The monoisotopic (exact) mass is 237 g/mol. The maximum Gasteiger partial charge on any atom is 0.295 e. The van der Waals surface area contributed by atoms with Gasteiger partial charge in [0.05, 0.1) is 0 Å². The summed E-state index contributed by atoms with van der Waals surface area (Å²) < 4.78 is 31.5. The van der Waals surface area contributed by atoms with Crippen molar-refractivity contribution in [2.45, 2.75) is 11.8 Å². The summed E-state index contributed by atoms with van der Waals surface area (Å²) in [6, 6.07) is 8.29. The third-order valence-corrected chi connectivity index (χ3v) is 3.21. The highest BCUT2D eigenvalue weighted by atomic mass is 32.2. The van der Waals surface area contributed by atoms with Gasteiger partial charge in [0.15, 0.2) is 0 Å². The molecule has 0 bridgehead atoms. The zero-order valence-electron chi connectivity index (χ0n) is 8.64. The zero-order chi connectivity index (χ0) is 11.8. The Balaban J connectivity index is 2.73. The van der Waals surface area contributed by atoms with Gasteiger partial charge >= 0.3 is 0 Å². The van der Waals surface area contributed by atoms with Crippen LogP contribution in [0, 0.1) is 6.92 Å². The van der Waals surface area contributed by atoms with Gasteiger partial charge in [0, 0.05) is 17.5 Å². The summed E-state index contributed by atoms with van der Waals surface area (Å²) in [6.45, 7) is 1.86. The minimum absolute atomic E-state index is 0.0828. The summed E-state index contributed by atoms with van der Waals surface area (Å²) in [6.07, 6.45) is 1.70. The van der Waals surface area contributed by atoms with Gasteiger partial charge in [0.2, 0.25) is 0 Å². The molecule has 2 aromatic rings. The van der Waals surface area contributed by atoms with Crippen molar-refractivity contribution in [3.8, 4) is 11.3 Å². The van der Waals surface area contributed by atoms with Crippen LogP contribution >= 0.6 is 0 Å². The number of aromatic amines is 1. The molecule has 1 aromatic heterocycles. The van der Waals surface area contributed by atoms with Crippen molar-refractivity contribution in [3.63, 3.8) is 0 Å². The number of hydrogen-bond donors (Lipinski definition) is 2. The van der Waals surface area contributed by atoms with Crippen molar-refractivity contribution in [1.29, 1.82) is 0 Å². The maximum atomic E-state index is 11.2. The Hall–Kier alpha value is -1.59. The first-order chi connectivity index (χ1) is 7.48. The number of benzene rings is 1. The van der Waals surface area contributed by atoms with Gasteiger partial charge in [0.1, 0.15) is 4.90 Å². The van der Waals surface area contributed by atoms with Crippen LogP contribution in [0.5, 0.6) is 0 Å². The van der Waals surface area contributed by atoms with E-state index in [0.29, 0.717) is 11.3 Å². The van der Waals surface area contributed by atoms with Crippen LogP contribution < -0.4 is 0 Å². The Kier molecular flexibility index (Phi) is 2.57. The molecule has 2 rings (SSSR count). The molecule has 0 spiro atoms. The van der Waals surface area contributed by atoms with Crippen LogP contribution in [-0.4, -0.2) is 18.0 Å². The Labute approximate surface area is 93.7 Å². The number of rotatable bonds is 2. The van der Waals surface area contributed by atoms with Crippen molar-refractivity contribution in [2.75, 3.05) is 0 Å². The quantitative estimate of drug-likeness (QED) is 0.787. The zero-order valence-corrected chi connectivity index (χ0v) is 9.45. The van der Waals surface area contributed by atoms with Gasteiger partial charge < -0.3 is 4.98 Å². The van der Waals surface area contributed by atoms with Crippen LogP contribution in [-0.2, 0) is 10.1 Å². The predicted octanol–water partition coefficient (Wildman–Crippen LogP) is 2.24. The van der Waals surface area contributed by atoms with E-state index in [4.69, 9.17) is 4.55 Å². The molecule has 0 aliphatic carbocycles. The lowest BCUT2D eigenvalue weighted by molar-refractivity contribution is 0.483. The highest BCUT2D eigenvalue weighted by Crippen LogP contribution is 2.26. The molecule has 0 atom stereocenters. The summed E-state index contributed by atoms with van der Waals surface area (Å²) >= 11 is 0. The topological polar surface area (TPSA) is 70.2 Å². The van der Waals surface area contributed by atoms with Gasteiger partial charge in [-0.3, -0.25) is 4.55 Å². The minimum atomic E-state index is -4.20. The molecule has 16 heavy (non-hydrogen) atoms. The van der Waals surface area contributed by atoms with Crippen LogP contribution in [0.25, 0.3) is 11.3 Å². The van der Waals surface area contributed by atoms with E-state index in [1.807, 2.05) is 6.92 Å². The molecule has 84 valence electrons. The molecule has 0 aliphatic rings. The van der Waals surface area contributed by atoms with Crippen LogP contribution in [0.3, 0.4) is 0 Å². The second-order valence-electron chi connectivity index (χ2n) is 3.56. The van der Waals surface area contributed by atoms with E-state index in [2.05, 4.69) is 4.98 Å². The normalized spacial score (nSPS) is 11.6. The molecule has 5 heteroatoms. The first-order valence-corrected chi connectivity index (χ1v) is 6.14. The molecular weight excluding hydrogens is 226 g/mol. The molecular formula is C11H11NO3S.